The average molecular weight is 257 g/mol. The van der Waals surface area contributed by atoms with Crippen molar-refractivity contribution in [1.82, 2.24) is 9.78 Å². The fourth-order valence-corrected chi connectivity index (χ4v) is 2.53. The van der Waals surface area contributed by atoms with Crippen LogP contribution in [0.15, 0.2) is 24.4 Å². The first-order chi connectivity index (χ1) is 9.13. The predicted molar refractivity (Wildman–Crippen MR) is 75.6 cm³/mol. The molecule has 0 saturated carbocycles. The number of nitrogens with zero attached hydrogens (tertiary/aromatic N) is 2. The van der Waals surface area contributed by atoms with Gasteiger partial charge >= 0.3 is 0 Å². The number of hydrogen-bond donors (Lipinski definition) is 1. The number of nitrogens with one attached hydrogen (secondary N) is 1. The minimum Gasteiger partial charge on any atom is -0.493 e. The molecule has 1 N–H and O–H groups in total. The van der Waals surface area contributed by atoms with E-state index in [2.05, 4.69) is 35.5 Å². The average Bonchev–Trinajstić information content (AvgIpc) is 2.95. The first kappa shape index (κ1) is 12.1. The summed E-state index contributed by atoms with van der Waals surface area (Å²) in [6.07, 6.45) is 3.03. The van der Waals surface area contributed by atoms with Gasteiger partial charge < -0.3 is 10.1 Å². The normalized spacial score (nSPS) is 14.9. The third kappa shape index (κ3) is 2.30. The van der Waals surface area contributed by atoms with Gasteiger partial charge in [0.05, 0.1) is 18.0 Å². The van der Waals surface area contributed by atoms with E-state index in [9.17, 15) is 0 Å². The molecule has 0 spiro atoms. The van der Waals surface area contributed by atoms with Gasteiger partial charge in [-0.2, -0.15) is 5.10 Å². The number of fused-ring (bicyclic) bond motifs is 1. The van der Waals surface area contributed by atoms with Crippen LogP contribution < -0.4 is 10.1 Å². The Hall–Kier alpha value is -1.97. The van der Waals surface area contributed by atoms with Gasteiger partial charge in [-0.15, -0.1) is 0 Å². The van der Waals surface area contributed by atoms with Gasteiger partial charge in [0, 0.05) is 25.7 Å². The standard InChI is InChI=1S/C15H19N3O/c1-10(16-14-9-18(3)17-11(14)2)12-4-5-15-13(8-12)6-7-19-15/h4-5,8-10,16H,6-7H2,1-3H3. The highest BCUT2D eigenvalue weighted by molar-refractivity contribution is 5.49. The van der Waals surface area contributed by atoms with Crippen molar-refractivity contribution in [2.75, 3.05) is 11.9 Å². The second-order valence-corrected chi connectivity index (χ2v) is 5.13. The van der Waals surface area contributed by atoms with Gasteiger partial charge in [0.2, 0.25) is 0 Å². The maximum Gasteiger partial charge on any atom is 0.122 e. The molecule has 0 bridgehead atoms. The fourth-order valence-electron chi connectivity index (χ4n) is 2.53. The van der Waals surface area contributed by atoms with Gasteiger partial charge in [0.15, 0.2) is 0 Å². The van der Waals surface area contributed by atoms with Crippen molar-refractivity contribution in [1.29, 1.82) is 0 Å². The van der Waals surface area contributed by atoms with E-state index >= 15 is 0 Å². The van der Waals surface area contributed by atoms with E-state index in [1.807, 2.05) is 24.9 Å². The van der Waals surface area contributed by atoms with Gasteiger partial charge in [-0.25, -0.2) is 0 Å². The highest BCUT2D eigenvalue weighted by Gasteiger charge is 2.15. The lowest BCUT2D eigenvalue weighted by atomic mass is 10.0. The van der Waals surface area contributed by atoms with Crippen LogP contribution in [0.5, 0.6) is 5.75 Å². The molecule has 4 heteroatoms. The van der Waals surface area contributed by atoms with Crippen molar-refractivity contribution in [3.8, 4) is 5.75 Å². The molecule has 0 saturated heterocycles. The molecule has 3 rings (SSSR count). The minimum absolute atomic E-state index is 0.258. The predicted octanol–water partition coefficient (Wildman–Crippen LogP) is 2.84. The van der Waals surface area contributed by atoms with E-state index in [4.69, 9.17) is 4.74 Å². The summed E-state index contributed by atoms with van der Waals surface area (Å²) in [5, 5.41) is 7.86. The lowest BCUT2D eigenvalue weighted by molar-refractivity contribution is 0.357. The summed E-state index contributed by atoms with van der Waals surface area (Å²) in [5.74, 6) is 1.04. The number of ether oxygens (including phenoxy) is 1. The molecular formula is C15H19N3O. The lowest BCUT2D eigenvalue weighted by Gasteiger charge is -2.15. The van der Waals surface area contributed by atoms with Crippen LogP contribution >= 0.6 is 0 Å². The number of rotatable bonds is 3. The van der Waals surface area contributed by atoms with E-state index in [0.29, 0.717) is 0 Å². The molecule has 1 aliphatic heterocycles. The van der Waals surface area contributed by atoms with Crippen molar-refractivity contribution >= 4 is 5.69 Å². The zero-order valence-corrected chi connectivity index (χ0v) is 11.6. The monoisotopic (exact) mass is 257 g/mol. The number of hydrogen-bond acceptors (Lipinski definition) is 3. The molecule has 2 heterocycles. The van der Waals surface area contributed by atoms with Crippen LogP contribution in [0.2, 0.25) is 0 Å². The van der Waals surface area contributed by atoms with Crippen LogP contribution in [0.4, 0.5) is 5.69 Å². The smallest absolute Gasteiger partial charge is 0.122 e. The Labute approximate surface area is 113 Å². The minimum atomic E-state index is 0.258. The molecule has 1 unspecified atom stereocenters. The highest BCUT2D eigenvalue weighted by atomic mass is 16.5. The Morgan fingerprint density at radius 2 is 2.26 bits per heavy atom. The first-order valence-electron chi connectivity index (χ1n) is 6.66. The summed E-state index contributed by atoms with van der Waals surface area (Å²) in [7, 11) is 1.94. The maximum absolute atomic E-state index is 5.54. The molecule has 1 atom stereocenters. The van der Waals surface area contributed by atoms with Gasteiger partial charge in [-0.3, -0.25) is 4.68 Å². The zero-order valence-electron chi connectivity index (χ0n) is 11.6. The number of aromatic nitrogens is 2. The molecule has 19 heavy (non-hydrogen) atoms. The largest absolute Gasteiger partial charge is 0.493 e. The van der Waals surface area contributed by atoms with Gasteiger partial charge in [0.25, 0.3) is 0 Å². The van der Waals surface area contributed by atoms with E-state index in [1.165, 1.54) is 11.1 Å². The summed E-state index contributed by atoms with van der Waals surface area (Å²) >= 11 is 0. The first-order valence-corrected chi connectivity index (χ1v) is 6.66. The Balaban J connectivity index is 1.80. The summed E-state index contributed by atoms with van der Waals surface area (Å²) in [4.78, 5) is 0. The number of aryl methyl sites for hydroxylation is 2. The number of anilines is 1. The molecule has 100 valence electrons. The highest BCUT2D eigenvalue weighted by Crippen LogP contribution is 2.29. The van der Waals surface area contributed by atoms with E-state index in [1.54, 1.807) is 0 Å². The second kappa shape index (κ2) is 4.61. The van der Waals surface area contributed by atoms with Gasteiger partial charge in [-0.1, -0.05) is 6.07 Å². The van der Waals surface area contributed by atoms with Crippen molar-refractivity contribution < 1.29 is 4.74 Å². The maximum atomic E-state index is 5.54. The molecule has 4 nitrogen and oxygen atoms in total. The molecule has 1 aliphatic rings. The Kier molecular flexibility index (Phi) is 2.93. The van der Waals surface area contributed by atoms with Crippen LogP contribution in [0.1, 0.15) is 29.8 Å². The molecule has 0 amide bonds. The third-order valence-corrected chi connectivity index (χ3v) is 3.60. The molecule has 0 fully saturated rings. The summed E-state index contributed by atoms with van der Waals surface area (Å²) < 4.78 is 7.37. The van der Waals surface area contributed by atoms with E-state index in [0.717, 1.165) is 30.2 Å². The van der Waals surface area contributed by atoms with Gasteiger partial charge in [0.1, 0.15) is 5.75 Å². The molecule has 1 aromatic heterocycles. The van der Waals surface area contributed by atoms with Crippen molar-refractivity contribution in [2.45, 2.75) is 26.3 Å². The van der Waals surface area contributed by atoms with Crippen LogP contribution in [0.25, 0.3) is 0 Å². The van der Waals surface area contributed by atoms with Crippen molar-refractivity contribution in [3.63, 3.8) is 0 Å². The fraction of sp³-hybridized carbons (Fsp3) is 0.400. The summed E-state index contributed by atoms with van der Waals surface area (Å²) in [5.41, 5.74) is 4.71. The Bertz CT molecular complexity index is 603. The number of benzene rings is 1. The van der Waals surface area contributed by atoms with Crippen LogP contribution in [-0.2, 0) is 13.5 Å². The zero-order chi connectivity index (χ0) is 13.4. The van der Waals surface area contributed by atoms with E-state index in [-0.39, 0.29) is 6.04 Å². The molecule has 0 aliphatic carbocycles. The Morgan fingerprint density at radius 3 is 3.00 bits per heavy atom. The molecule has 0 radical (unpaired) electrons. The van der Waals surface area contributed by atoms with Crippen molar-refractivity contribution in [3.05, 3.63) is 41.2 Å². The summed E-state index contributed by atoms with van der Waals surface area (Å²) in [6.45, 7) is 5.00. The lowest BCUT2D eigenvalue weighted by Crippen LogP contribution is -2.07. The third-order valence-electron chi connectivity index (χ3n) is 3.60. The van der Waals surface area contributed by atoms with Crippen LogP contribution in [-0.4, -0.2) is 16.4 Å². The Morgan fingerprint density at radius 1 is 1.42 bits per heavy atom. The molecule has 2 aromatic rings. The quantitative estimate of drug-likeness (QED) is 0.919. The van der Waals surface area contributed by atoms with E-state index < -0.39 is 0 Å². The SMILES string of the molecule is Cc1nn(C)cc1NC(C)c1ccc2c(c1)CCO2. The molecular weight excluding hydrogens is 238 g/mol. The second-order valence-electron chi connectivity index (χ2n) is 5.13. The topological polar surface area (TPSA) is 39.1 Å². The van der Waals surface area contributed by atoms with Crippen LogP contribution in [0.3, 0.4) is 0 Å². The van der Waals surface area contributed by atoms with Gasteiger partial charge in [-0.05, 0) is 37.1 Å². The van der Waals surface area contributed by atoms with Crippen LogP contribution in [0, 0.1) is 6.92 Å². The van der Waals surface area contributed by atoms with Crippen molar-refractivity contribution in [2.24, 2.45) is 7.05 Å². The molecule has 1 aromatic carbocycles. The summed E-state index contributed by atoms with van der Waals surface area (Å²) in [6, 6.07) is 6.71.